The van der Waals surface area contributed by atoms with Gasteiger partial charge in [0.15, 0.2) is 0 Å². The summed E-state index contributed by atoms with van der Waals surface area (Å²) in [6.07, 6.45) is 0. The predicted molar refractivity (Wildman–Crippen MR) is 106 cm³/mol. The molecule has 2 N–H and O–H groups in total. The fourth-order valence-corrected chi connectivity index (χ4v) is 4.78. The zero-order valence-corrected chi connectivity index (χ0v) is 16.5. The van der Waals surface area contributed by atoms with Crippen LogP contribution in [0.15, 0.2) is 82.6 Å². The molecule has 0 heterocycles. The summed E-state index contributed by atoms with van der Waals surface area (Å²) in [4.78, 5) is -0.238. The minimum atomic E-state index is -4.05. The number of hydrogen-bond donors (Lipinski definition) is 2. The van der Waals surface area contributed by atoms with Crippen LogP contribution in [-0.4, -0.2) is 16.8 Å². The number of anilines is 2. The Hall–Kier alpha value is -2.62. The summed E-state index contributed by atoms with van der Waals surface area (Å²) in [5.74, 6) is -0.575. The second-order valence-corrected chi connectivity index (χ2v) is 9.47. The van der Waals surface area contributed by atoms with E-state index in [1.54, 1.807) is 12.1 Å². The van der Waals surface area contributed by atoms with E-state index in [2.05, 4.69) is 9.44 Å². The summed E-state index contributed by atoms with van der Waals surface area (Å²) in [6, 6.07) is 15.8. The zero-order chi connectivity index (χ0) is 20.4. The van der Waals surface area contributed by atoms with E-state index >= 15 is 0 Å². The van der Waals surface area contributed by atoms with E-state index in [1.165, 1.54) is 36.4 Å². The third kappa shape index (κ3) is 4.61. The molecule has 0 aromatic heterocycles. The first-order chi connectivity index (χ1) is 13.2. The Bertz CT molecular complexity index is 1210. The molecule has 0 spiro atoms. The second kappa shape index (κ2) is 7.78. The van der Waals surface area contributed by atoms with Crippen molar-refractivity contribution in [2.75, 3.05) is 9.44 Å². The minimum Gasteiger partial charge on any atom is -0.277 e. The van der Waals surface area contributed by atoms with Gasteiger partial charge in [-0.1, -0.05) is 29.8 Å². The molecule has 10 heteroatoms. The van der Waals surface area contributed by atoms with Crippen LogP contribution in [-0.2, 0) is 20.0 Å². The van der Waals surface area contributed by atoms with Crippen LogP contribution in [0.1, 0.15) is 0 Å². The Morgan fingerprint density at radius 3 is 1.75 bits per heavy atom. The Kier molecular flexibility index (Phi) is 5.59. The Morgan fingerprint density at radius 1 is 0.679 bits per heavy atom. The average molecular weight is 441 g/mol. The molecule has 0 aliphatic heterocycles. The lowest BCUT2D eigenvalue weighted by Crippen LogP contribution is -2.17. The number of halogens is 2. The predicted octanol–water partition coefficient (Wildman–Crippen LogP) is 4.08. The largest absolute Gasteiger partial charge is 0.277 e. The molecule has 28 heavy (non-hydrogen) atoms. The molecule has 0 unspecified atom stereocenters. The SMILES string of the molecule is O=S(=O)(Nc1ccccc1NS(=O)(=O)c1cccc(Cl)c1)c1ccc(F)cc1. The number of para-hydroxylation sites is 2. The molecule has 0 bridgehead atoms. The highest BCUT2D eigenvalue weighted by Gasteiger charge is 2.20. The lowest BCUT2D eigenvalue weighted by molar-refractivity contribution is 0.598. The van der Waals surface area contributed by atoms with E-state index in [0.29, 0.717) is 0 Å². The van der Waals surface area contributed by atoms with E-state index < -0.39 is 25.9 Å². The first-order valence-corrected chi connectivity index (χ1v) is 11.2. The van der Waals surface area contributed by atoms with Crippen molar-refractivity contribution in [1.29, 1.82) is 0 Å². The highest BCUT2D eigenvalue weighted by atomic mass is 35.5. The summed E-state index contributed by atoms with van der Waals surface area (Å²) in [6.45, 7) is 0. The lowest BCUT2D eigenvalue weighted by atomic mass is 10.3. The molecule has 0 saturated carbocycles. The van der Waals surface area contributed by atoms with Gasteiger partial charge in [-0.15, -0.1) is 0 Å². The van der Waals surface area contributed by atoms with Crippen LogP contribution in [0.4, 0.5) is 15.8 Å². The van der Waals surface area contributed by atoms with Gasteiger partial charge in [-0.2, -0.15) is 0 Å². The van der Waals surface area contributed by atoms with E-state index in [0.717, 1.165) is 24.3 Å². The van der Waals surface area contributed by atoms with Crippen LogP contribution < -0.4 is 9.44 Å². The molecular weight excluding hydrogens is 427 g/mol. The number of nitrogens with one attached hydrogen (secondary N) is 2. The maximum absolute atomic E-state index is 13.0. The van der Waals surface area contributed by atoms with Gasteiger partial charge in [0.1, 0.15) is 5.82 Å². The van der Waals surface area contributed by atoms with Crippen molar-refractivity contribution in [3.63, 3.8) is 0 Å². The normalized spacial score (nSPS) is 11.8. The van der Waals surface area contributed by atoms with E-state index in [9.17, 15) is 21.2 Å². The highest BCUT2D eigenvalue weighted by molar-refractivity contribution is 7.93. The number of hydrogen-bond acceptors (Lipinski definition) is 4. The first kappa shape index (κ1) is 20.1. The van der Waals surface area contributed by atoms with Crippen LogP contribution in [0.5, 0.6) is 0 Å². The number of benzene rings is 3. The van der Waals surface area contributed by atoms with Crippen LogP contribution in [0.3, 0.4) is 0 Å². The molecule has 0 amide bonds. The van der Waals surface area contributed by atoms with Crippen LogP contribution in [0.2, 0.25) is 5.02 Å². The Balaban J connectivity index is 1.92. The van der Waals surface area contributed by atoms with Crippen LogP contribution in [0, 0.1) is 5.82 Å². The minimum absolute atomic E-state index is 0.0115. The molecule has 3 rings (SSSR count). The van der Waals surface area contributed by atoms with E-state index in [-0.39, 0.29) is 26.2 Å². The number of sulfonamides is 2. The lowest BCUT2D eigenvalue weighted by Gasteiger charge is -2.14. The standard InChI is InChI=1S/C18H14ClFN2O4S2/c19-13-4-3-5-16(12-13)28(25,26)22-18-7-2-1-6-17(18)21-27(23,24)15-10-8-14(20)9-11-15/h1-12,21-22H. The van der Waals surface area contributed by atoms with Gasteiger partial charge in [0.25, 0.3) is 20.0 Å². The molecule has 0 fully saturated rings. The first-order valence-electron chi connectivity index (χ1n) is 7.83. The molecule has 0 radical (unpaired) electrons. The topological polar surface area (TPSA) is 92.3 Å². The van der Waals surface area contributed by atoms with Crippen molar-refractivity contribution in [3.8, 4) is 0 Å². The highest BCUT2D eigenvalue weighted by Crippen LogP contribution is 2.27. The summed E-state index contributed by atoms with van der Waals surface area (Å²) < 4.78 is 67.9. The van der Waals surface area contributed by atoms with Gasteiger partial charge in [0.05, 0.1) is 21.2 Å². The summed E-state index contributed by atoms with van der Waals surface area (Å²) >= 11 is 5.84. The van der Waals surface area contributed by atoms with Crippen molar-refractivity contribution in [2.45, 2.75) is 9.79 Å². The van der Waals surface area contributed by atoms with Gasteiger partial charge < -0.3 is 0 Å². The monoisotopic (exact) mass is 440 g/mol. The third-order valence-corrected chi connectivity index (χ3v) is 6.63. The van der Waals surface area contributed by atoms with Crippen molar-refractivity contribution >= 4 is 43.0 Å². The van der Waals surface area contributed by atoms with Crippen molar-refractivity contribution in [3.05, 3.63) is 83.6 Å². The molecular formula is C18H14ClFN2O4S2. The molecule has 0 atom stereocenters. The molecule has 0 aliphatic carbocycles. The van der Waals surface area contributed by atoms with Gasteiger partial charge in [0, 0.05) is 5.02 Å². The Morgan fingerprint density at radius 2 is 1.21 bits per heavy atom. The van der Waals surface area contributed by atoms with Gasteiger partial charge in [-0.05, 0) is 54.6 Å². The second-order valence-electron chi connectivity index (χ2n) is 5.67. The fraction of sp³-hybridized carbons (Fsp3) is 0. The number of rotatable bonds is 6. The summed E-state index contributed by atoms with van der Waals surface area (Å²) in [5, 5.41) is 0.244. The summed E-state index contributed by atoms with van der Waals surface area (Å²) in [7, 11) is -8.06. The Labute approximate surface area is 167 Å². The maximum atomic E-state index is 13.0. The molecule has 146 valence electrons. The van der Waals surface area contributed by atoms with Crippen molar-refractivity contribution in [2.24, 2.45) is 0 Å². The van der Waals surface area contributed by atoms with Crippen LogP contribution >= 0.6 is 11.6 Å². The summed E-state index contributed by atoms with van der Waals surface area (Å²) in [5.41, 5.74) is 0.0330. The van der Waals surface area contributed by atoms with Gasteiger partial charge in [0.2, 0.25) is 0 Å². The third-order valence-electron chi connectivity index (χ3n) is 3.65. The molecule has 3 aromatic rings. The molecule has 6 nitrogen and oxygen atoms in total. The van der Waals surface area contributed by atoms with Crippen LogP contribution in [0.25, 0.3) is 0 Å². The smallest absolute Gasteiger partial charge is 0.262 e. The van der Waals surface area contributed by atoms with E-state index in [1.807, 2.05) is 0 Å². The fourth-order valence-electron chi connectivity index (χ4n) is 2.32. The van der Waals surface area contributed by atoms with E-state index in [4.69, 9.17) is 11.6 Å². The average Bonchev–Trinajstić information content (AvgIpc) is 2.63. The van der Waals surface area contributed by atoms with Crippen molar-refractivity contribution < 1.29 is 21.2 Å². The zero-order valence-electron chi connectivity index (χ0n) is 14.1. The van der Waals surface area contributed by atoms with Gasteiger partial charge >= 0.3 is 0 Å². The molecule has 0 saturated heterocycles. The van der Waals surface area contributed by atoms with Gasteiger partial charge in [-0.25, -0.2) is 21.2 Å². The van der Waals surface area contributed by atoms with Gasteiger partial charge in [-0.3, -0.25) is 9.44 Å². The maximum Gasteiger partial charge on any atom is 0.262 e. The quantitative estimate of drug-likeness (QED) is 0.604. The molecule has 3 aromatic carbocycles. The van der Waals surface area contributed by atoms with Crippen molar-refractivity contribution in [1.82, 2.24) is 0 Å². The molecule has 0 aliphatic rings.